The average Bonchev–Trinajstić information content (AvgIpc) is 3.32. The number of aromatic nitrogens is 3. The van der Waals surface area contributed by atoms with E-state index < -0.39 is 10.0 Å². The van der Waals surface area contributed by atoms with Gasteiger partial charge < -0.3 is 25.6 Å². The Kier molecular flexibility index (Phi) is 6.92. The molecule has 4 heterocycles. The van der Waals surface area contributed by atoms with Gasteiger partial charge in [-0.3, -0.25) is 4.79 Å². The summed E-state index contributed by atoms with van der Waals surface area (Å²) in [4.78, 5) is 22.2. The molecule has 2 aromatic heterocycles. The Balaban J connectivity index is 1.33. The highest BCUT2D eigenvalue weighted by atomic mass is 32.2. The number of piperidine rings is 1. The van der Waals surface area contributed by atoms with E-state index in [1.54, 1.807) is 23.9 Å². The van der Waals surface area contributed by atoms with Gasteiger partial charge in [-0.1, -0.05) is 0 Å². The first-order valence-corrected chi connectivity index (χ1v) is 14.1. The second-order valence-electron chi connectivity index (χ2n) is 9.45. The molecular formula is C24H32N8O4S. The van der Waals surface area contributed by atoms with Crippen LogP contribution in [0.4, 0.5) is 17.2 Å². The number of ether oxygens (including phenoxy) is 1. The number of carbonyl (C=O) groups excluding carboxylic acids is 1. The molecule has 1 aromatic carbocycles. The van der Waals surface area contributed by atoms with Gasteiger partial charge in [0.05, 0.1) is 25.2 Å². The number of nitrogens with zero attached hydrogens (tertiary/aromatic N) is 6. The van der Waals surface area contributed by atoms with E-state index in [9.17, 15) is 13.2 Å². The van der Waals surface area contributed by atoms with Crippen molar-refractivity contribution in [3.63, 3.8) is 0 Å². The molecule has 1 amide bonds. The summed E-state index contributed by atoms with van der Waals surface area (Å²) >= 11 is 0. The smallest absolute Gasteiger partial charge is 0.261 e. The van der Waals surface area contributed by atoms with Crippen molar-refractivity contribution in [2.24, 2.45) is 5.73 Å². The van der Waals surface area contributed by atoms with E-state index in [1.807, 2.05) is 18.2 Å². The number of amides is 1. The third-order valence-electron chi connectivity index (χ3n) is 6.89. The highest BCUT2D eigenvalue weighted by molar-refractivity contribution is 7.88. The first-order chi connectivity index (χ1) is 17.7. The molecule has 37 heavy (non-hydrogen) atoms. The lowest BCUT2D eigenvalue weighted by molar-refractivity contribution is 0.102. The van der Waals surface area contributed by atoms with Gasteiger partial charge in [-0.25, -0.2) is 17.9 Å². The minimum Gasteiger partial charge on any atom is -0.494 e. The lowest BCUT2D eigenvalue weighted by Crippen LogP contribution is -2.48. The van der Waals surface area contributed by atoms with Crippen LogP contribution in [0.1, 0.15) is 23.2 Å². The summed E-state index contributed by atoms with van der Waals surface area (Å²) in [5.74, 6) is 0.932. The first kappa shape index (κ1) is 25.2. The number of hydrogen-bond acceptors (Lipinski definition) is 9. The number of nitrogens with two attached hydrogens (primary N) is 1. The van der Waals surface area contributed by atoms with E-state index in [-0.39, 0.29) is 11.9 Å². The van der Waals surface area contributed by atoms with E-state index in [2.05, 4.69) is 20.2 Å². The maximum Gasteiger partial charge on any atom is 0.261 e. The van der Waals surface area contributed by atoms with Crippen LogP contribution in [-0.4, -0.2) is 91.9 Å². The summed E-state index contributed by atoms with van der Waals surface area (Å²) in [5.41, 5.74) is 8.37. The summed E-state index contributed by atoms with van der Waals surface area (Å²) in [6, 6.07) is 7.52. The zero-order chi connectivity index (χ0) is 26.2. The van der Waals surface area contributed by atoms with Gasteiger partial charge in [0.1, 0.15) is 17.1 Å². The molecule has 13 heteroatoms. The lowest BCUT2D eigenvalue weighted by Gasteiger charge is -2.35. The van der Waals surface area contributed by atoms with Gasteiger partial charge in [0.2, 0.25) is 10.0 Å². The van der Waals surface area contributed by atoms with Gasteiger partial charge >= 0.3 is 0 Å². The van der Waals surface area contributed by atoms with Crippen LogP contribution in [0.5, 0.6) is 5.75 Å². The van der Waals surface area contributed by atoms with Crippen LogP contribution < -0.4 is 25.6 Å². The highest BCUT2D eigenvalue weighted by Gasteiger charge is 2.25. The molecule has 12 nitrogen and oxygen atoms in total. The molecule has 0 aliphatic carbocycles. The quantitative estimate of drug-likeness (QED) is 0.480. The molecule has 0 bridgehead atoms. The van der Waals surface area contributed by atoms with Gasteiger partial charge in [0.25, 0.3) is 5.91 Å². The van der Waals surface area contributed by atoms with Gasteiger partial charge in [0, 0.05) is 63.3 Å². The van der Waals surface area contributed by atoms with Crippen molar-refractivity contribution in [2.45, 2.75) is 18.9 Å². The summed E-state index contributed by atoms with van der Waals surface area (Å²) < 4.78 is 32.2. The first-order valence-electron chi connectivity index (χ1n) is 12.3. The molecule has 3 aromatic rings. The van der Waals surface area contributed by atoms with Crippen molar-refractivity contribution < 1.29 is 17.9 Å². The monoisotopic (exact) mass is 528 g/mol. The minimum absolute atomic E-state index is 0.110. The predicted molar refractivity (Wildman–Crippen MR) is 142 cm³/mol. The number of hydrogen-bond donors (Lipinski definition) is 2. The Morgan fingerprint density at radius 2 is 1.92 bits per heavy atom. The lowest BCUT2D eigenvalue weighted by atomic mass is 10.1. The molecule has 2 fully saturated rings. The minimum atomic E-state index is -3.20. The molecule has 0 saturated carbocycles. The molecule has 1 atom stereocenters. The fourth-order valence-electron chi connectivity index (χ4n) is 4.86. The van der Waals surface area contributed by atoms with Gasteiger partial charge in [-0.05, 0) is 31.0 Å². The number of anilines is 3. The van der Waals surface area contributed by atoms with Crippen LogP contribution in [0, 0.1) is 0 Å². The van der Waals surface area contributed by atoms with Gasteiger partial charge in [-0.15, -0.1) is 0 Å². The molecule has 2 aliphatic rings. The third-order valence-corrected chi connectivity index (χ3v) is 8.19. The number of fused-ring (bicyclic) bond motifs is 1. The predicted octanol–water partition coefficient (Wildman–Crippen LogP) is 0.999. The number of carbonyl (C=O) groups is 1. The maximum atomic E-state index is 13.2. The van der Waals surface area contributed by atoms with Crippen LogP contribution in [0.3, 0.4) is 0 Å². The topological polar surface area (TPSA) is 138 Å². The number of sulfonamides is 1. The third kappa shape index (κ3) is 5.33. The van der Waals surface area contributed by atoms with Crippen LogP contribution in [0.2, 0.25) is 0 Å². The fourth-order valence-corrected chi connectivity index (χ4v) is 5.69. The molecule has 3 N–H and O–H groups in total. The zero-order valence-corrected chi connectivity index (χ0v) is 21.8. The Morgan fingerprint density at radius 3 is 2.62 bits per heavy atom. The average molecular weight is 529 g/mol. The number of methoxy groups -OCH3 is 1. The van der Waals surface area contributed by atoms with Crippen LogP contribution in [0.15, 0.2) is 36.7 Å². The number of benzene rings is 1. The van der Waals surface area contributed by atoms with Crippen molar-refractivity contribution >= 4 is 38.8 Å². The van der Waals surface area contributed by atoms with Gasteiger partial charge in [0.15, 0.2) is 5.65 Å². The molecule has 2 aliphatic heterocycles. The number of nitrogens with one attached hydrogen (secondary N) is 1. The van der Waals surface area contributed by atoms with Crippen molar-refractivity contribution in [3.05, 3.63) is 42.2 Å². The fraction of sp³-hybridized carbons (Fsp3) is 0.458. The second-order valence-corrected chi connectivity index (χ2v) is 11.4. The highest BCUT2D eigenvalue weighted by Crippen LogP contribution is 2.31. The number of rotatable bonds is 6. The molecule has 5 rings (SSSR count). The normalized spacial score (nSPS) is 19.3. The van der Waals surface area contributed by atoms with E-state index in [0.29, 0.717) is 48.8 Å². The zero-order valence-electron chi connectivity index (χ0n) is 21.0. The molecule has 0 spiro atoms. The Morgan fingerprint density at radius 1 is 1.14 bits per heavy atom. The summed E-state index contributed by atoms with van der Waals surface area (Å²) in [6.45, 7) is 3.59. The molecule has 2 saturated heterocycles. The molecule has 0 unspecified atom stereocenters. The van der Waals surface area contributed by atoms with E-state index >= 15 is 0 Å². The van der Waals surface area contributed by atoms with E-state index in [0.717, 1.165) is 37.4 Å². The van der Waals surface area contributed by atoms with Crippen LogP contribution in [-0.2, 0) is 10.0 Å². The summed E-state index contributed by atoms with van der Waals surface area (Å²) in [5, 5.41) is 7.21. The second kappa shape index (κ2) is 10.1. The van der Waals surface area contributed by atoms with Crippen molar-refractivity contribution in [1.82, 2.24) is 18.9 Å². The van der Waals surface area contributed by atoms with E-state index in [4.69, 9.17) is 15.5 Å². The number of piperazine rings is 1. The van der Waals surface area contributed by atoms with Crippen LogP contribution in [0.25, 0.3) is 5.65 Å². The standard InChI is InChI=1S/C24H32N8O4S/c1-36-21-14-18(29-10-12-31(13-11-29)37(2,34)35)5-6-20(21)27-24(33)19-15-26-32-9-7-22(28-23(19)32)30-8-3-4-17(25)16-30/h5-7,9,14-15,17H,3-4,8,10-13,16,25H2,1-2H3,(H,27,33)/t17-/m1/s1. The molecule has 198 valence electrons. The molecular weight excluding hydrogens is 496 g/mol. The van der Waals surface area contributed by atoms with Crippen molar-refractivity contribution in [1.29, 1.82) is 0 Å². The Hall–Kier alpha value is -3.42. The SMILES string of the molecule is COc1cc(N2CCN(S(C)(=O)=O)CC2)ccc1NC(=O)c1cnn2ccc(N3CCC[C@@H](N)C3)nc12. The molecule has 0 radical (unpaired) electrons. The Labute approximate surface area is 216 Å². The van der Waals surface area contributed by atoms with Gasteiger partial charge in [-0.2, -0.15) is 9.40 Å². The maximum absolute atomic E-state index is 13.2. The largest absolute Gasteiger partial charge is 0.494 e. The summed E-state index contributed by atoms with van der Waals surface area (Å²) in [7, 11) is -1.65. The summed E-state index contributed by atoms with van der Waals surface area (Å²) in [6.07, 6.45) is 6.53. The van der Waals surface area contributed by atoms with Crippen molar-refractivity contribution in [3.8, 4) is 5.75 Å². The Bertz CT molecular complexity index is 1400. The van der Waals surface area contributed by atoms with Crippen molar-refractivity contribution in [2.75, 3.05) is 67.8 Å². The van der Waals surface area contributed by atoms with E-state index in [1.165, 1.54) is 16.8 Å². The van der Waals surface area contributed by atoms with Crippen LogP contribution >= 0.6 is 0 Å².